The van der Waals surface area contributed by atoms with Gasteiger partial charge in [-0.15, -0.1) is 0 Å². The van der Waals surface area contributed by atoms with Crippen molar-refractivity contribution >= 4 is 34.9 Å². The molecule has 0 radical (unpaired) electrons. The molecule has 4 aliphatic carbocycles. The van der Waals surface area contributed by atoms with E-state index < -0.39 is 21.2 Å². The van der Waals surface area contributed by atoms with Gasteiger partial charge in [0, 0.05) is 11.8 Å². The van der Waals surface area contributed by atoms with Crippen LogP contribution in [-0.4, -0.2) is 35.2 Å². The van der Waals surface area contributed by atoms with Crippen molar-refractivity contribution in [2.75, 3.05) is 24.0 Å². The number of rotatable bonds is 12. The lowest BCUT2D eigenvalue weighted by Crippen LogP contribution is -2.48. The average molecular weight is 614 g/mol. The molecule has 0 unspecified atom stereocenters. The van der Waals surface area contributed by atoms with Crippen LogP contribution in [0.4, 0.5) is 22.7 Å². The molecule has 0 saturated heterocycles. The Balaban J connectivity index is 1.05. The first-order chi connectivity index (χ1) is 21.7. The highest BCUT2D eigenvalue weighted by atomic mass is 16.6. The first kappa shape index (κ1) is 30.0. The van der Waals surface area contributed by atoms with Crippen molar-refractivity contribution in [2.45, 2.75) is 50.9 Å². The molecule has 4 bridgehead atoms. The van der Waals surface area contributed by atoms with E-state index in [0.29, 0.717) is 29.1 Å². The summed E-state index contributed by atoms with van der Waals surface area (Å²) in [6.07, 6.45) is 9.52. The summed E-state index contributed by atoms with van der Waals surface area (Å²) in [5, 5.41) is 29.3. The number of carbonyl (C=O) groups excluding carboxylic acids is 1. The van der Waals surface area contributed by atoms with E-state index >= 15 is 0 Å². The molecule has 4 fully saturated rings. The maximum absolute atomic E-state index is 12.7. The summed E-state index contributed by atoms with van der Waals surface area (Å²) in [6, 6.07) is 16.6. The van der Waals surface area contributed by atoms with Gasteiger partial charge in [-0.2, -0.15) is 5.10 Å². The van der Waals surface area contributed by atoms with Gasteiger partial charge in [0.2, 0.25) is 0 Å². The highest BCUT2D eigenvalue weighted by Gasteiger charge is 2.51. The Hall–Kier alpha value is -5.00. The Labute approximate surface area is 260 Å². The molecule has 4 aliphatic rings. The fourth-order valence-corrected chi connectivity index (χ4v) is 7.76. The normalized spacial score (nSPS) is 23.1. The number of nitrogens with zero attached hydrogens (tertiary/aromatic N) is 3. The van der Waals surface area contributed by atoms with Crippen LogP contribution < -0.4 is 20.2 Å². The van der Waals surface area contributed by atoms with Crippen molar-refractivity contribution in [3.63, 3.8) is 0 Å². The number of nitrogens with one attached hydrogen (secondary N) is 2. The van der Waals surface area contributed by atoms with E-state index in [1.165, 1.54) is 56.4 Å². The number of hydrogen-bond acceptors (Lipinski definition) is 9. The molecule has 234 valence electrons. The van der Waals surface area contributed by atoms with Gasteiger partial charge in [-0.25, -0.2) is 0 Å². The molecule has 0 heterocycles. The number of benzene rings is 3. The van der Waals surface area contributed by atoms with Gasteiger partial charge in [-0.1, -0.05) is 12.1 Å². The molecule has 0 atom stereocenters. The third-order valence-corrected chi connectivity index (χ3v) is 9.23. The van der Waals surface area contributed by atoms with Gasteiger partial charge in [-0.3, -0.25) is 30.4 Å². The lowest BCUT2D eigenvalue weighted by Gasteiger charge is -2.57. The van der Waals surface area contributed by atoms with Gasteiger partial charge in [0.15, 0.2) is 18.1 Å². The zero-order valence-electron chi connectivity index (χ0n) is 24.9. The SMILES string of the molecule is CCOc1cc(/C=N/Nc2ccc([N+](=O)[O-])cc2[N+](=O)[O-])ccc1OCC(=O)Nc1ccc(C23CC4CC(CC(C4)C2)C3)cc1. The zero-order chi connectivity index (χ0) is 31.6. The predicted octanol–water partition coefficient (Wildman–Crippen LogP) is 6.83. The summed E-state index contributed by atoms with van der Waals surface area (Å²) in [7, 11) is 0. The highest BCUT2D eigenvalue weighted by Crippen LogP contribution is 2.60. The number of nitro benzene ring substituents is 2. The summed E-state index contributed by atoms with van der Waals surface area (Å²) in [6.45, 7) is 1.96. The van der Waals surface area contributed by atoms with E-state index in [9.17, 15) is 25.0 Å². The predicted molar refractivity (Wildman–Crippen MR) is 169 cm³/mol. The summed E-state index contributed by atoms with van der Waals surface area (Å²) in [5.41, 5.74) is 4.72. The molecule has 7 rings (SSSR count). The summed E-state index contributed by atoms with van der Waals surface area (Å²) < 4.78 is 11.5. The second-order valence-corrected chi connectivity index (χ2v) is 12.3. The fraction of sp³-hybridized carbons (Fsp3) is 0.394. The van der Waals surface area contributed by atoms with Crippen molar-refractivity contribution in [3.05, 3.63) is 92.0 Å². The topological polar surface area (TPSA) is 158 Å². The number of hydrogen-bond donors (Lipinski definition) is 2. The van der Waals surface area contributed by atoms with Gasteiger partial charge in [0.25, 0.3) is 11.6 Å². The van der Waals surface area contributed by atoms with E-state index in [1.807, 2.05) is 19.1 Å². The van der Waals surface area contributed by atoms with E-state index in [4.69, 9.17) is 9.47 Å². The van der Waals surface area contributed by atoms with Crippen LogP contribution in [0.1, 0.15) is 56.6 Å². The number of carbonyl (C=O) groups is 1. The van der Waals surface area contributed by atoms with E-state index in [1.54, 1.807) is 18.2 Å². The fourth-order valence-electron chi connectivity index (χ4n) is 7.76. The van der Waals surface area contributed by atoms with Gasteiger partial charge >= 0.3 is 5.69 Å². The average Bonchev–Trinajstić information content (AvgIpc) is 3.00. The molecule has 12 heteroatoms. The number of hydrazone groups is 1. The lowest BCUT2D eigenvalue weighted by molar-refractivity contribution is -0.393. The smallest absolute Gasteiger partial charge is 0.301 e. The Morgan fingerprint density at radius 1 is 0.911 bits per heavy atom. The quantitative estimate of drug-likeness (QED) is 0.128. The third-order valence-electron chi connectivity index (χ3n) is 9.23. The maximum atomic E-state index is 12.7. The minimum atomic E-state index is -0.723. The van der Waals surface area contributed by atoms with Gasteiger partial charge in [0.05, 0.1) is 28.7 Å². The molecule has 3 aromatic rings. The van der Waals surface area contributed by atoms with Crippen LogP contribution in [0.3, 0.4) is 0 Å². The highest BCUT2D eigenvalue weighted by molar-refractivity contribution is 5.92. The third kappa shape index (κ3) is 6.59. The summed E-state index contributed by atoms with van der Waals surface area (Å²) in [5.74, 6) is 3.10. The zero-order valence-corrected chi connectivity index (χ0v) is 24.9. The van der Waals surface area contributed by atoms with Crippen LogP contribution in [0.2, 0.25) is 0 Å². The Morgan fingerprint density at radius 2 is 1.60 bits per heavy atom. The Morgan fingerprint density at radius 3 is 2.22 bits per heavy atom. The van der Waals surface area contributed by atoms with Crippen LogP contribution in [0.5, 0.6) is 11.5 Å². The van der Waals surface area contributed by atoms with Crippen molar-refractivity contribution in [2.24, 2.45) is 22.9 Å². The van der Waals surface area contributed by atoms with Crippen LogP contribution >= 0.6 is 0 Å². The van der Waals surface area contributed by atoms with Gasteiger partial charge < -0.3 is 14.8 Å². The first-order valence-corrected chi connectivity index (χ1v) is 15.2. The second-order valence-electron chi connectivity index (χ2n) is 12.3. The molecule has 12 nitrogen and oxygen atoms in total. The number of ether oxygens (including phenoxy) is 2. The molecule has 4 saturated carbocycles. The molecular formula is C33H35N5O7. The van der Waals surface area contributed by atoms with Crippen LogP contribution in [0, 0.1) is 38.0 Å². The van der Waals surface area contributed by atoms with Crippen molar-refractivity contribution in [3.8, 4) is 11.5 Å². The Bertz CT molecular complexity index is 1600. The molecule has 0 spiro atoms. The maximum Gasteiger partial charge on any atom is 0.301 e. The van der Waals surface area contributed by atoms with Gasteiger partial charge in [0.1, 0.15) is 5.69 Å². The minimum Gasteiger partial charge on any atom is -0.490 e. The van der Waals surface area contributed by atoms with Crippen LogP contribution in [-0.2, 0) is 10.2 Å². The van der Waals surface area contributed by atoms with E-state index in [0.717, 1.165) is 35.6 Å². The summed E-state index contributed by atoms with van der Waals surface area (Å²) in [4.78, 5) is 33.6. The number of anilines is 2. The number of amides is 1. The van der Waals surface area contributed by atoms with Crippen molar-refractivity contribution in [1.29, 1.82) is 0 Å². The minimum absolute atomic E-state index is 0.000218. The van der Waals surface area contributed by atoms with Crippen LogP contribution in [0.25, 0.3) is 0 Å². The van der Waals surface area contributed by atoms with Crippen LogP contribution in [0.15, 0.2) is 65.8 Å². The largest absolute Gasteiger partial charge is 0.490 e. The first-order valence-electron chi connectivity index (χ1n) is 15.2. The Kier molecular flexibility index (Phi) is 8.38. The molecular weight excluding hydrogens is 578 g/mol. The molecule has 1 amide bonds. The monoisotopic (exact) mass is 613 g/mol. The van der Waals surface area contributed by atoms with Crippen molar-refractivity contribution in [1.82, 2.24) is 0 Å². The molecule has 0 aliphatic heterocycles. The molecule has 45 heavy (non-hydrogen) atoms. The van der Waals surface area contributed by atoms with E-state index in [2.05, 4.69) is 28.0 Å². The molecule has 2 N–H and O–H groups in total. The summed E-state index contributed by atoms with van der Waals surface area (Å²) >= 11 is 0. The number of non-ortho nitro benzene ring substituents is 1. The lowest BCUT2D eigenvalue weighted by atomic mass is 9.48. The van der Waals surface area contributed by atoms with Gasteiger partial charge in [-0.05, 0) is 116 Å². The number of nitro groups is 2. The van der Waals surface area contributed by atoms with E-state index in [-0.39, 0.29) is 18.2 Å². The molecule has 3 aromatic carbocycles. The van der Waals surface area contributed by atoms with Crippen molar-refractivity contribution < 1.29 is 24.1 Å². The standard InChI is InChI=1S/C33H35N5O7/c1-2-44-31-14-21(19-34-36-28-9-8-27(37(40)41)15-29(28)38(42)43)3-10-30(31)45-20-32(39)35-26-6-4-25(5-7-26)33-16-22-11-23(17-33)13-24(12-22)18-33/h3-10,14-15,19,22-24,36H,2,11-13,16-18,20H2,1H3,(H,35,39)/b34-19+. The second kappa shape index (κ2) is 12.5. The molecule has 0 aromatic heterocycles.